The smallest absolute Gasteiger partial charge is 0.140 e. The van der Waals surface area contributed by atoms with E-state index in [4.69, 9.17) is 4.84 Å². The first kappa shape index (κ1) is 15.7. The highest BCUT2D eigenvalue weighted by molar-refractivity contribution is 5.79. The molecule has 2 aromatic carbocycles. The standard InChI is InChI=1S/C15H13NO.C6H12/c1-2-6-13(7-3-1)12-17-16-11-10-14-8-4-5-9-15(14)16;1-2-4-6-5-3-1/h1-11H,12H2;1-6H2. The molecule has 0 saturated heterocycles. The molecule has 1 aliphatic carbocycles. The Balaban J connectivity index is 0.000000220. The maximum atomic E-state index is 5.76. The molecule has 4 rings (SSSR count). The number of para-hydroxylation sites is 1. The molecule has 0 spiro atoms. The van der Waals surface area contributed by atoms with Crippen LogP contribution in [0.15, 0.2) is 66.9 Å². The second kappa shape index (κ2) is 8.42. The van der Waals surface area contributed by atoms with Gasteiger partial charge in [0, 0.05) is 11.6 Å². The minimum absolute atomic E-state index is 0.583. The van der Waals surface area contributed by atoms with E-state index in [1.807, 2.05) is 41.3 Å². The Kier molecular flexibility index (Phi) is 5.74. The summed E-state index contributed by atoms with van der Waals surface area (Å²) in [6.45, 7) is 0.583. The van der Waals surface area contributed by atoms with Crippen LogP contribution in [0.5, 0.6) is 0 Å². The highest BCUT2D eigenvalue weighted by Gasteiger charge is 2.00. The second-order valence-corrected chi connectivity index (χ2v) is 6.08. The zero-order valence-corrected chi connectivity index (χ0v) is 13.7. The van der Waals surface area contributed by atoms with Gasteiger partial charge in [-0.1, -0.05) is 87.1 Å². The number of hydrogen-bond acceptors (Lipinski definition) is 1. The van der Waals surface area contributed by atoms with Gasteiger partial charge >= 0.3 is 0 Å². The van der Waals surface area contributed by atoms with Crippen LogP contribution in [0, 0.1) is 0 Å². The van der Waals surface area contributed by atoms with Crippen LogP contribution in [0.1, 0.15) is 44.1 Å². The number of benzene rings is 2. The average molecular weight is 307 g/mol. The van der Waals surface area contributed by atoms with Crippen molar-refractivity contribution in [3.63, 3.8) is 0 Å². The summed E-state index contributed by atoms with van der Waals surface area (Å²) in [6, 6.07) is 20.4. The molecule has 0 bridgehead atoms. The lowest BCUT2D eigenvalue weighted by Gasteiger charge is -2.08. The largest absolute Gasteiger partial charge is 0.409 e. The van der Waals surface area contributed by atoms with E-state index >= 15 is 0 Å². The molecule has 3 aromatic rings. The zero-order valence-electron chi connectivity index (χ0n) is 13.7. The number of nitrogens with zero attached hydrogens (tertiary/aromatic N) is 1. The van der Waals surface area contributed by atoms with Crippen molar-refractivity contribution < 1.29 is 4.84 Å². The molecule has 0 amide bonds. The van der Waals surface area contributed by atoms with Crippen LogP contribution in [0.3, 0.4) is 0 Å². The Morgan fingerprint density at radius 1 is 0.696 bits per heavy atom. The molecule has 0 atom stereocenters. The van der Waals surface area contributed by atoms with E-state index in [1.165, 1.54) is 49.5 Å². The highest BCUT2D eigenvalue weighted by atomic mass is 16.7. The number of rotatable bonds is 3. The summed E-state index contributed by atoms with van der Waals surface area (Å²) in [6.07, 6.45) is 11.0. The molecule has 2 heteroatoms. The van der Waals surface area contributed by atoms with E-state index in [9.17, 15) is 0 Å². The van der Waals surface area contributed by atoms with Crippen LogP contribution >= 0.6 is 0 Å². The molecule has 1 aliphatic rings. The maximum Gasteiger partial charge on any atom is 0.140 e. The fourth-order valence-corrected chi connectivity index (χ4v) is 2.95. The second-order valence-electron chi connectivity index (χ2n) is 6.08. The Morgan fingerprint density at radius 2 is 1.30 bits per heavy atom. The normalized spacial score (nSPS) is 14.1. The molecule has 0 radical (unpaired) electrons. The van der Waals surface area contributed by atoms with Crippen LogP contribution in [0.2, 0.25) is 0 Å². The monoisotopic (exact) mass is 307 g/mol. The van der Waals surface area contributed by atoms with Crippen LogP contribution < -0.4 is 4.84 Å². The van der Waals surface area contributed by atoms with Crippen molar-refractivity contribution in [1.29, 1.82) is 0 Å². The Morgan fingerprint density at radius 3 is 2.00 bits per heavy atom. The van der Waals surface area contributed by atoms with Gasteiger partial charge in [0.15, 0.2) is 0 Å². The molecule has 1 aromatic heterocycles. The van der Waals surface area contributed by atoms with Gasteiger partial charge in [0.2, 0.25) is 0 Å². The molecule has 0 aliphatic heterocycles. The molecular weight excluding hydrogens is 282 g/mol. The molecule has 1 fully saturated rings. The average Bonchev–Trinajstić information content (AvgIpc) is 3.06. The molecule has 2 nitrogen and oxygen atoms in total. The highest BCUT2D eigenvalue weighted by Crippen LogP contribution is 2.15. The lowest BCUT2D eigenvalue weighted by Crippen LogP contribution is -2.09. The molecule has 0 N–H and O–H groups in total. The zero-order chi connectivity index (χ0) is 15.7. The molecule has 120 valence electrons. The fourth-order valence-electron chi connectivity index (χ4n) is 2.95. The maximum absolute atomic E-state index is 5.76. The van der Waals surface area contributed by atoms with Gasteiger partial charge in [0.25, 0.3) is 0 Å². The van der Waals surface area contributed by atoms with Crippen LogP contribution in [0.25, 0.3) is 10.9 Å². The first-order valence-electron chi connectivity index (χ1n) is 8.67. The van der Waals surface area contributed by atoms with E-state index in [2.05, 4.69) is 30.3 Å². The van der Waals surface area contributed by atoms with Crippen molar-refractivity contribution in [3.05, 3.63) is 72.4 Å². The van der Waals surface area contributed by atoms with Crippen molar-refractivity contribution in [1.82, 2.24) is 4.73 Å². The van der Waals surface area contributed by atoms with Gasteiger partial charge in [0.05, 0.1) is 5.52 Å². The van der Waals surface area contributed by atoms with Crippen LogP contribution in [-0.2, 0) is 6.61 Å². The number of aromatic nitrogens is 1. The third kappa shape index (κ3) is 4.62. The summed E-state index contributed by atoms with van der Waals surface area (Å²) < 4.78 is 1.82. The minimum atomic E-state index is 0.583. The van der Waals surface area contributed by atoms with Gasteiger partial charge in [-0.05, 0) is 17.7 Å². The SMILES string of the molecule is C1CCCCC1.c1ccc(COn2ccc3ccccc32)cc1. The first-order chi connectivity index (χ1) is 11.4. The van der Waals surface area contributed by atoms with E-state index in [-0.39, 0.29) is 0 Å². The van der Waals surface area contributed by atoms with E-state index < -0.39 is 0 Å². The van der Waals surface area contributed by atoms with Crippen molar-refractivity contribution >= 4 is 10.9 Å². The van der Waals surface area contributed by atoms with Gasteiger partial charge in [-0.15, -0.1) is 0 Å². The molecule has 0 unspecified atom stereocenters. The molecular formula is C21H25NO. The van der Waals surface area contributed by atoms with Crippen molar-refractivity contribution in [2.24, 2.45) is 0 Å². The summed E-state index contributed by atoms with van der Waals surface area (Å²) in [5, 5.41) is 1.19. The quantitative estimate of drug-likeness (QED) is 0.613. The van der Waals surface area contributed by atoms with E-state index in [0.717, 1.165) is 5.52 Å². The van der Waals surface area contributed by atoms with Gasteiger partial charge in [-0.3, -0.25) is 0 Å². The topological polar surface area (TPSA) is 14.2 Å². The van der Waals surface area contributed by atoms with Crippen LogP contribution in [0.4, 0.5) is 0 Å². The Labute approximate surface area is 138 Å². The predicted octanol–water partition coefficient (Wildman–Crippen LogP) is 5.61. The lowest BCUT2D eigenvalue weighted by molar-refractivity contribution is 0.107. The molecule has 23 heavy (non-hydrogen) atoms. The summed E-state index contributed by atoms with van der Waals surface area (Å²) in [4.78, 5) is 5.76. The van der Waals surface area contributed by atoms with Gasteiger partial charge < -0.3 is 4.84 Å². The molecule has 1 heterocycles. The Hall–Kier alpha value is -2.22. The number of fused-ring (bicyclic) bond motifs is 1. The van der Waals surface area contributed by atoms with Gasteiger partial charge in [-0.25, -0.2) is 0 Å². The van der Waals surface area contributed by atoms with Crippen LogP contribution in [-0.4, -0.2) is 4.73 Å². The van der Waals surface area contributed by atoms with Gasteiger partial charge in [-0.2, -0.15) is 4.73 Å². The summed E-state index contributed by atoms with van der Waals surface area (Å²) >= 11 is 0. The molecule has 1 saturated carbocycles. The first-order valence-corrected chi connectivity index (χ1v) is 8.67. The Bertz CT molecular complexity index is 686. The lowest BCUT2D eigenvalue weighted by atomic mass is 10.0. The predicted molar refractivity (Wildman–Crippen MR) is 96.4 cm³/mol. The number of hydrogen-bond donors (Lipinski definition) is 0. The fraction of sp³-hybridized carbons (Fsp3) is 0.333. The third-order valence-corrected chi connectivity index (χ3v) is 4.28. The van der Waals surface area contributed by atoms with E-state index in [1.54, 1.807) is 0 Å². The van der Waals surface area contributed by atoms with Crippen molar-refractivity contribution in [2.45, 2.75) is 45.1 Å². The summed E-state index contributed by atoms with van der Waals surface area (Å²) in [5.41, 5.74) is 2.27. The summed E-state index contributed by atoms with van der Waals surface area (Å²) in [7, 11) is 0. The minimum Gasteiger partial charge on any atom is -0.409 e. The third-order valence-electron chi connectivity index (χ3n) is 4.28. The van der Waals surface area contributed by atoms with Crippen molar-refractivity contribution in [2.75, 3.05) is 0 Å². The van der Waals surface area contributed by atoms with Crippen molar-refractivity contribution in [3.8, 4) is 0 Å². The van der Waals surface area contributed by atoms with E-state index in [0.29, 0.717) is 6.61 Å². The summed E-state index contributed by atoms with van der Waals surface area (Å²) in [5.74, 6) is 0. The van der Waals surface area contributed by atoms with Gasteiger partial charge in [0.1, 0.15) is 6.61 Å².